The van der Waals surface area contributed by atoms with E-state index in [4.69, 9.17) is 0 Å². The van der Waals surface area contributed by atoms with Gasteiger partial charge >= 0.3 is 5.76 Å². The number of azo groups is 1. The van der Waals surface area contributed by atoms with E-state index in [1.54, 1.807) is 32.0 Å². The molecule has 0 aliphatic carbocycles. The molecule has 0 N–H and O–H groups in total. The minimum atomic E-state index is -4.86. The van der Waals surface area contributed by atoms with E-state index in [1.807, 2.05) is 0 Å². The van der Waals surface area contributed by atoms with E-state index in [0.29, 0.717) is 11.5 Å². The van der Waals surface area contributed by atoms with Crippen molar-refractivity contribution in [3.05, 3.63) is 24.0 Å². The molecule has 1 unspecified atom stereocenters. The maximum absolute atomic E-state index is 12.8. The highest BCUT2D eigenvalue weighted by Gasteiger charge is 2.25. The number of benzene rings is 1. The molecule has 1 atom stereocenters. The number of anilines is 1. The fourth-order valence-corrected chi connectivity index (χ4v) is 2.68. The highest BCUT2D eigenvalue weighted by atomic mass is 32.2. The zero-order valence-electron chi connectivity index (χ0n) is 13.3. The third-order valence-corrected chi connectivity index (χ3v) is 4.55. The lowest BCUT2D eigenvalue weighted by atomic mass is 10.2. The van der Waals surface area contributed by atoms with Crippen LogP contribution >= 0.6 is 11.5 Å². The Bertz CT molecular complexity index is 893. The topological polar surface area (TPSA) is 92.4 Å². The molecular formula is C12H13F3N6O2S2. The molecule has 1 heterocycles. The lowest BCUT2D eigenvalue weighted by molar-refractivity contribution is -0.000950. The summed E-state index contributed by atoms with van der Waals surface area (Å²) in [6.07, 6.45) is 0. The molecule has 8 nitrogen and oxygen atoms in total. The predicted molar refractivity (Wildman–Crippen MR) is 88.0 cm³/mol. The van der Waals surface area contributed by atoms with Gasteiger partial charge in [-0.25, -0.2) is 9.19 Å². The second kappa shape index (κ2) is 7.84. The molecule has 0 aliphatic rings. The fourth-order valence-electron chi connectivity index (χ4n) is 1.59. The van der Waals surface area contributed by atoms with Gasteiger partial charge in [0.25, 0.3) is 10.0 Å². The molecule has 1 aromatic carbocycles. The molecule has 0 saturated carbocycles. The summed E-state index contributed by atoms with van der Waals surface area (Å²) in [6.45, 7) is 1.67. The summed E-state index contributed by atoms with van der Waals surface area (Å²) >= 11 is 0.984. The first-order valence-corrected chi connectivity index (χ1v) is 8.90. The highest BCUT2D eigenvalue weighted by Crippen LogP contribution is 2.35. The SMILES string of the molecule is Cc1nsc(N=Nc2ccc(N(C)C)cc2N=S(=O)(OF)C(F)F)n1. The molecule has 0 bridgehead atoms. The van der Waals surface area contributed by atoms with E-state index in [9.17, 15) is 17.5 Å². The Labute approximate surface area is 145 Å². The Morgan fingerprint density at radius 2 is 2.00 bits per heavy atom. The second-order valence-corrected chi connectivity index (χ2v) is 7.25. The first-order chi connectivity index (χ1) is 11.7. The first-order valence-electron chi connectivity index (χ1n) is 6.63. The molecule has 0 spiro atoms. The Balaban J connectivity index is 2.54. The molecule has 136 valence electrons. The van der Waals surface area contributed by atoms with Crippen LogP contribution in [0.3, 0.4) is 0 Å². The Hall–Kier alpha value is -2.12. The molecule has 1 aromatic heterocycles. The summed E-state index contributed by atoms with van der Waals surface area (Å²) in [5, 5.41) is 7.89. The van der Waals surface area contributed by atoms with E-state index in [-0.39, 0.29) is 16.5 Å². The third-order valence-electron chi connectivity index (χ3n) is 2.78. The van der Waals surface area contributed by atoms with Crippen molar-refractivity contribution < 1.29 is 21.9 Å². The highest BCUT2D eigenvalue weighted by molar-refractivity contribution is 7.89. The molecule has 0 aliphatic heterocycles. The Morgan fingerprint density at radius 1 is 1.28 bits per heavy atom. The maximum Gasteiger partial charge on any atom is 0.345 e. The summed E-state index contributed by atoms with van der Waals surface area (Å²) in [6, 6.07) is 4.33. The van der Waals surface area contributed by atoms with E-state index in [0.717, 1.165) is 11.5 Å². The van der Waals surface area contributed by atoms with E-state index < -0.39 is 15.8 Å². The van der Waals surface area contributed by atoms with Crippen LogP contribution in [-0.4, -0.2) is 33.4 Å². The predicted octanol–water partition coefficient (Wildman–Crippen LogP) is 4.47. The number of rotatable bonds is 6. The summed E-state index contributed by atoms with van der Waals surface area (Å²) in [4.78, 5) is 5.61. The van der Waals surface area contributed by atoms with Gasteiger partial charge in [-0.05, 0) is 29.6 Å². The average Bonchev–Trinajstić information content (AvgIpc) is 2.98. The number of aryl methyl sites for hydroxylation is 1. The van der Waals surface area contributed by atoms with Gasteiger partial charge in [0.15, 0.2) is 0 Å². The van der Waals surface area contributed by atoms with Crippen molar-refractivity contribution in [2.24, 2.45) is 14.6 Å². The van der Waals surface area contributed by atoms with Gasteiger partial charge in [0, 0.05) is 31.3 Å². The van der Waals surface area contributed by atoms with Crippen LogP contribution in [0.1, 0.15) is 5.82 Å². The normalized spacial score (nSPS) is 14.0. The van der Waals surface area contributed by atoms with E-state index in [1.165, 1.54) is 12.1 Å². The lowest BCUT2D eigenvalue weighted by Gasteiger charge is -2.13. The van der Waals surface area contributed by atoms with E-state index >= 15 is 0 Å². The van der Waals surface area contributed by atoms with Crippen LogP contribution in [-0.2, 0) is 14.4 Å². The van der Waals surface area contributed by atoms with Crippen molar-refractivity contribution in [1.82, 2.24) is 9.36 Å². The number of halogens is 3. The van der Waals surface area contributed by atoms with Crippen LogP contribution in [0.25, 0.3) is 0 Å². The van der Waals surface area contributed by atoms with Crippen LogP contribution in [0.2, 0.25) is 0 Å². The van der Waals surface area contributed by atoms with Gasteiger partial charge < -0.3 is 4.90 Å². The van der Waals surface area contributed by atoms with Crippen LogP contribution in [0.5, 0.6) is 0 Å². The summed E-state index contributed by atoms with van der Waals surface area (Å²) in [5.74, 6) is -3.14. The number of hydrogen-bond acceptors (Lipinski definition) is 9. The summed E-state index contributed by atoms with van der Waals surface area (Å²) in [7, 11) is -1.47. The van der Waals surface area contributed by atoms with Crippen molar-refractivity contribution in [3.63, 3.8) is 0 Å². The monoisotopic (exact) mass is 394 g/mol. The lowest BCUT2D eigenvalue weighted by Crippen LogP contribution is -2.11. The van der Waals surface area contributed by atoms with Crippen molar-refractivity contribution in [2.45, 2.75) is 12.7 Å². The smallest absolute Gasteiger partial charge is 0.345 e. The molecular weight excluding hydrogens is 381 g/mol. The van der Waals surface area contributed by atoms with Gasteiger partial charge in [0.1, 0.15) is 17.2 Å². The van der Waals surface area contributed by atoms with Gasteiger partial charge in [-0.15, -0.1) is 10.2 Å². The van der Waals surface area contributed by atoms with Gasteiger partial charge in [-0.2, -0.15) is 17.5 Å². The summed E-state index contributed by atoms with van der Waals surface area (Å²) in [5.41, 5.74) is 0.266. The zero-order valence-corrected chi connectivity index (χ0v) is 14.9. The van der Waals surface area contributed by atoms with Crippen LogP contribution in [0, 0.1) is 6.92 Å². The molecule has 0 fully saturated rings. The molecule has 2 aromatic rings. The zero-order chi connectivity index (χ0) is 18.6. The Kier molecular flexibility index (Phi) is 6.02. The molecule has 13 heteroatoms. The number of hydrogen-bond donors (Lipinski definition) is 0. The minimum Gasteiger partial charge on any atom is -0.378 e. The fraction of sp³-hybridized carbons (Fsp3) is 0.333. The first kappa shape index (κ1) is 19.2. The Morgan fingerprint density at radius 3 is 2.52 bits per heavy atom. The third kappa shape index (κ3) is 4.70. The standard InChI is InChI=1S/C12H13F3N6O2S2/c1-7-16-12(24-19-7)18-17-9-5-4-8(21(2)3)6-10(9)20-25(22,23-15)11(13)14/h4-6,11H,1-3H3. The van der Waals surface area contributed by atoms with Gasteiger partial charge in [-0.3, -0.25) is 0 Å². The van der Waals surface area contributed by atoms with Gasteiger partial charge in [0.05, 0.1) is 0 Å². The molecule has 25 heavy (non-hydrogen) atoms. The number of aromatic nitrogens is 2. The van der Waals surface area contributed by atoms with Crippen LogP contribution < -0.4 is 4.90 Å². The number of nitrogens with zero attached hydrogens (tertiary/aromatic N) is 6. The largest absolute Gasteiger partial charge is 0.378 e. The maximum atomic E-state index is 12.8. The van der Waals surface area contributed by atoms with Gasteiger partial charge in [0.2, 0.25) is 5.13 Å². The average molecular weight is 394 g/mol. The molecule has 0 amide bonds. The second-order valence-electron chi connectivity index (χ2n) is 4.82. The molecule has 2 rings (SSSR count). The minimum absolute atomic E-state index is 0.0103. The van der Waals surface area contributed by atoms with Crippen molar-refractivity contribution in [1.29, 1.82) is 0 Å². The molecule has 0 radical (unpaired) electrons. The van der Waals surface area contributed by atoms with Gasteiger partial charge in [-0.1, -0.05) is 4.39 Å². The van der Waals surface area contributed by atoms with Crippen molar-refractivity contribution >= 4 is 43.7 Å². The van der Waals surface area contributed by atoms with Crippen LogP contribution in [0.15, 0.2) is 32.8 Å². The summed E-state index contributed by atoms with van der Waals surface area (Å²) < 4.78 is 59.8. The quantitative estimate of drug-likeness (QED) is 0.674. The van der Waals surface area contributed by atoms with E-state index in [2.05, 4.69) is 28.3 Å². The number of alkyl halides is 2. The van der Waals surface area contributed by atoms with Crippen molar-refractivity contribution in [2.75, 3.05) is 19.0 Å². The van der Waals surface area contributed by atoms with Crippen LogP contribution in [0.4, 0.5) is 35.5 Å². The van der Waals surface area contributed by atoms with Crippen molar-refractivity contribution in [3.8, 4) is 0 Å². The molecule has 0 saturated heterocycles.